The van der Waals surface area contributed by atoms with E-state index in [4.69, 9.17) is 16.2 Å². The highest BCUT2D eigenvalue weighted by molar-refractivity contribution is 7.19. The van der Waals surface area contributed by atoms with Crippen molar-refractivity contribution in [2.45, 2.75) is 37.8 Å². The van der Waals surface area contributed by atoms with Gasteiger partial charge in [-0.2, -0.15) is 0 Å². The fourth-order valence-electron chi connectivity index (χ4n) is 4.87. The third-order valence-corrected chi connectivity index (χ3v) is 7.40. The molecule has 2 aliphatic rings. The number of nitrogens with zero attached hydrogens (tertiary/aromatic N) is 3. The smallest absolute Gasteiger partial charge is 0.277 e. The average Bonchev–Trinajstić information content (AvgIpc) is 3.42. The molecule has 35 heavy (non-hydrogen) atoms. The van der Waals surface area contributed by atoms with Gasteiger partial charge >= 0.3 is 0 Å². The Morgan fingerprint density at radius 1 is 1.29 bits per heavy atom. The number of carbonyl (C=O) groups is 1. The second-order valence-corrected chi connectivity index (χ2v) is 9.81. The maximum atomic E-state index is 14.3. The molecule has 0 radical (unpaired) electrons. The number of halogens is 2. The number of methoxy groups -OCH3 is 1. The summed E-state index contributed by atoms with van der Waals surface area (Å²) < 4.78 is 34.1. The number of pyridine rings is 1. The number of hydrogen-bond donors (Lipinski definition) is 3. The number of carbonyl (C=O) groups excluding carboxylic acids is 1. The minimum Gasteiger partial charge on any atom is -0.389 e. The molecule has 1 unspecified atom stereocenters. The molecule has 2 atom stereocenters. The fourth-order valence-corrected chi connectivity index (χ4v) is 5.75. The number of aromatic nitrogens is 2. The van der Waals surface area contributed by atoms with Gasteiger partial charge in [-0.15, -0.1) is 0 Å². The molecule has 3 heterocycles. The second kappa shape index (κ2) is 9.48. The lowest BCUT2D eigenvalue weighted by Gasteiger charge is -2.35. The Morgan fingerprint density at radius 2 is 2.06 bits per heavy atom. The Balaban J connectivity index is 1.50. The molecular weight excluding hydrogens is 474 g/mol. The van der Waals surface area contributed by atoms with Crippen LogP contribution >= 0.6 is 11.3 Å². The van der Waals surface area contributed by atoms with Crippen molar-refractivity contribution in [3.63, 3.8) is 0 Å². The van der Waals surface area contributed by atoms with Crippen molar-refractivity contribution in [3.8, 4) is 10.6 Å². The number of piperidine rings is 1. The standard InChI is InChI=1S/C24H26F2N6O2S/c1-34-17-8-7-13-19(17)29-10-16(21(13)32-9-3-4-12(27)11-32)30-23(33)20-22(28)35-24(31-20)18-14(25)5-2-6-15(18)26/h2,5-6,10,12,17H,3-4,7-9,11,27-28H2,1H3,(H,30,33)/t12?,17-/m1/s1. The molecule has 1 saturated heterocycles. The van der Waals surface area contributed by atoms with E-state index in [1.54, 1.807) is 13.3 Å². The van der Waals surface area contributed by atoms with E-state index in [1.165, 1.54) is 6.07 Å². The highest BCUT2D eigenvalue weighted by Gasteiger charge is 2.32. The van der Waals surface area contributed by atoms with E-state index < -0.39 is 17.5 Å². The number of hydrogen-bond acceptors (Lipinski definition) is 8. The quantitative estimate of drug-likeness (QED) is 0.486. The van der Waals surface area contributed by atoms with Crippen molar-refractivity contribution in [1.82, 2.24) is 9.97 Å². The number of nitrogen functional groups attached to an aromatic ring is 1. The molecule has 184 valence electrons. The van der Waals surface area contributed by atoms with Gasteiger partial charge in [0.15, 0.2) is 5.69 Å². The number of fused-ring (bicyclic) bond motifs is 1. The first-order valence-electron chi connectivity index (χ1n) is 11.4. The van der Waals surface area contributed by atoms with Crippen molar-refractivity contribution >= 4 is 33.6 Å². The van der Waals surface area contributed by atoms with Gasteiger partial charge in [0.25, 0.3) is 5.91 Å². The lowest BCUT2D eigenvalue weighted by atomic mass is 10.0. The predicted molar refractivity (Wildman–Crippen MR) is 132 cm³/mol. The second-order valence-electron chi connectivity index (χ2n) is 8.78. The Bertz CT molecular complexity index is 1260. The van der Waals surface area contributed by atoms with Crippen LogP contribution in [0.4, 0.5) is 25.2 Å². The zero-order chi connectivity index (χ0) is 24.7. The van der Waals surface area contributed by atoms with Gasteiger partial charge in [-0.25, -0.2) is 13.8 Å². The molecule has 1 aliphatic heterocycles. The molecule has 0 bridgehead atoms. The van der Waals surface area contributed by atoms with Crippen molar-refractivity contribution < 1.29 is 18.3 Å². The number of nitrogens with two attached hydrogens (primary N) is 2. The number of ether oxygens (including phenoxy) is 1. The molecule has 8 nitrogen and oxygen atoms in total. The van der Waals surface area contributed by atoms with Gasteiger partial charge in [-0.05, 0) is 37.8 Å². The predicted octanol–water partition coefficient (Wildman–Crippen LogP) is 3.88. The van der Waals surface area contributed by atoms with E-state index in [9.17, 15) is 13.6 Å². The molecule has 5 N–H and O–H groups in total. The van der Waals surface area contributed by atoms with Crippen LogP contribution in [0.3, 0.4) is 0 Å². The number of nitrogens with one attached hydrogen (secondary N) is 1. The van der Waals surface area contributed by atoms with Crippen LogP contribution in [-0.2, 0) is 11.2 Å². The van der Waals surface area contributed by atoms with E-state index in [2.05, 4.69) is 20.2 Å². The maximum absolute atomic E-state index is 14.3. The van der Waals surface area contributed by atoms with Gasteiger partial charge in [0.1, 0.15) is 21.6 Å². The number of benzene rings is 1. The van der Waals surface area contributed by atoms with Crippen LogP contribution in [0.25, 0.3) is 10.6 Å². The monoisotopic (exact) mass is 500 g/mol. The number of thiazole rings is 1. The van der Waals surface area contributed by atoms with E-state index >= 15 is 0 Å². The van der Waals surface area contributed by atoms with Crippen molar-refractivity contribution in [1.29, 1.82) is 0 Å². The average molecular weight is 501 g/mol. The molecular formula is C24H26F2N6O2S. The number of anilines is 3. The summed E-state index contributed by atoms with van der Waals surface area (Å²) in [5.74, 6) is -2.12. The summed E-state index contributed by atoms with van der Waals surface area (Å²) in [6.07, 6.45) is 4.97. The van der Waals surface area contributed by atoms with Gasteiger partial charge in [0.05, 0.1) is 34.9 Å². The van der Waals surface area contributed by atoms with Crippen LogP contribution < -0.4 is 21.7 Å². The lowest BCUT2D eigenvalue weighted by Crippen LogP contribution is -2.43. The lowest BCUT2D eigenvalue weighted by molar-refractivity contribution is 0.102. The van der Waals surface area contributed by atoms with Crippen LogP contribution in [0.1, 0.15) is 47.1 Å². The summed E-state index contributed by atoms with van der Waals surface area (Å²) in [6.45, 7) is 1.47. The zero-order valence-corrected chi connectivity index (χ0v) is 20.0. The van der Waals surface area contributed by atoms with Gasteiger partial charge < -0.3 is 26.4 Å². The van der Waals surface area contributed by atoms with Crippen LogP contribution in [0.2, 0.25) is 0 Å². The Kier molecular flexibility index (Phi) is 6.39. The molecule has 2 aromatic heterocycles. The third kappa shape index (κ3) is 4.35. The Labute approximate surface area is 205 Å². The van der Waals surface area contributed by atoms with E-state index in [1.807, 2.05) is 0 Å². The van der Waals surface area contributed by atoms with Gasteiger partial charge in [0.2, 0.25) is 0 Å². The minimum atomic E-state index is -0.773. The zero-order valence-electron chi connectivity index (χ0n) is 19.2. The van der Waals surface area contributed by atoms with Gasteiger partial charge in [0, 0.05) is 31.8 Å². The van der Waals surface area contributed by atoms with Crippen molar-refractivity contribution in [3.05, 3.63) is 53.0 Å². The first-order chi connectivity index (χ1) is 16.9. The van der Waals surface area contributed by atoms with E-state index in [-0.39, 0.29) is 33.4 Å². The summed E-state index contributed by atoms with van der Waals surface area (Å²) in [5, 5.41) is 2.95. The van der Waals surface area contributed by atoms with Crippen LogP contribution in [0.15, 0.2) is 24.4 Å². The first kappa shape index (κ1) is 23.6. The topological polar surface area (TPSA) is 119 Å². The van der Waals surface area contributed by atoms with Crippen molar-refractivity contribution in [2.75, 3.05) is 36.1 Å². The van der Waals surface area contributed by atoms with E-state index in [0.717, 1.165) is 72.6 Å². The molecule has 1 fully saturated rings. The van der Waals surface area contributed by atoms with Crippen LogP contribution in [-0.4, -0.2) is 42.1 Å². The normalized spacial score (nSPS) is 19.6. The first-order valence-corrected chi connectivity index (χ1v) is 12.3. The van der Waals surface area contributed by atoms with Gasteiger partial charge in [-0.3, -0.25) is 9.78 Å². The molecule has 1 amide bonds. The number of rotatable bonds is 5. The van der Waals surface area contributed by atoms with Gasteiger partial charge in [-0.1, -0.05) is 17.4 Å². The van der Waals surface area contributed by atoms with Crippen LogP contribution in [0.5, 0.6) is 0 Å². The summed E-state index contributed by atoms with van der Waals surface area (Å²) in [5.41, 5.74) is 15.2. The van der Waals surface area contributed by atoms with Crippen LogP contribution in [0, 0.1) is 11.6 Å². The third-order valence-electron chi connectivity index (χ3n) is 6.50. The number of amides is 1. The summed E-state index contributed by atoms with van der Waals surface area (Å²) in [7, 11) is 1.66. The molecule has 1 aliphatic carbocycles. The Morgan fingerprint density at radius 3 is 2.77 bits per heavy atom. The molecule has 3 aromatic rings. The molecule has 11 heteroatoms. The fraction of sp³-hybridized carbons (Fsp3) is 0.375. The summed E-state index contributed by atoms with van der Waals surface area (Å²) in [4.78, 5) is 24.2. The highest BCUT2D eigenvalue weighted by atomic mass is 32.1. The Hall–Kier alpha value is -3.15. The maximum Gasteiger partial charge on any atom is 0.277 e. The van der Waals surface area contributed by atoms with Crippen molar-refractivity contribution in [2.24, 2.45) is 5.73 Å². The molecule has 1 aromatic carbocycles. The SMILES string of the molecule is CO[C@@H]1CCc2c1ncc(NC(=O)c1nc(-c3c(F)cccc3F)sc1N)c2N1CCCC(N)C1. The highest BCUT2D eigenvalue weighted by Crippen LogP contribution is 2.42. The molecule has 0 spiro atoms. The van der Waals surface area contributed by atoms with E-state index in [0.29, 0.717) is 12.2 Å². The minimum absolute atomic E-state index is 0.000456. The molecule has 5 rings (SSSR count). The largest absolute Gasteiger partial charge is 0.389 e. The summed E-state index contributed by atoms with van der Waals surface area (Å²) >= 11 is 0.857. The molecule has 0 saturated carbocycles. The summed E-state index contributed by atoms with van der Waals surface area (Å²) in [6, 6.07) is 3.56.